The van der Waals surface area contributed by atoms with Crippen LogP contribution in [0.4, 0.5) is 5.69 Å². The number of hydrogen-bond donors (Lipinski definition) is 0. The van der Waals surface area contributed by atoms with Gasteiger partial charge in [0.15, 0.2) is 11.5 Å². The molecule has 0 radical (unpaired) electrons. The summed E-state index contributed by atoms with van der Waals surface area (Å²) in [6.07, 6.45) is 0.380. The molecule has 0 bridgehead atoms. The minimum atomic E-state index is 0.153. The molecule has 0 spiro atoms. The van der Waals surface area contributed by atoms with Crippen LogP contribution in [0.25, 0.3) is 0 Å². The fourth-order valence-electron chi connectivity index (χ4n) is 3.25. The Bertz CT molecular complexity index is 750. The molecule has 1 saturated heterocycles. The van der Waals surface area contributed by atoms with Crippen molar-refractivity contribution in [2.24, 2.45) is 0 Å². The van der Waals surface area contributed by atoms with Gasteiger partial charge < -0.3 is 19.3 Å². The summed E-state index contributed by atoms with van der Waals surface area (Å²) in [5.74, 6) is 1.48. The van der Waals surface area contributed by atoms with Crippen LogP contribution in [0, 0.1) is 6.92 Å². The van der Waals surface area contributed by atoms with E-state index in [1.807, 2.05) is 23.1 Å². The zero-order valence-corrected chi connectivity index (χ0v) is 15.7. The summed E-state index contributed by atoms with van der Waals surface area (Å²) in [4.78, 5) is 16.9. The number of carbonyl (C=O) groups excluding carboxylic acids is 1. The van der Waals surface area contributed by atoms with Crippen molar-refractivity contribution in [2.75, 3.05) is 45.3 Å². The van der Waals surface area contributed by atoms with Crippen molar-refractivity contribution in [2.45, 2.75) is 13.3 Å². The van der Waals surface area contributed by atoms with E-state index in [1.165, 1.54) is 11.3 Å². The minimum absolute atomic E-state index is 0.153. The average molecular weight is 354 g/mol. The van der Waals surface area contributed by atoms with Crippen LogP contribution in [0.15, 0.2) is 42.5 Å². The number of carbonyl (C=O) groups is 1. The number of ether oxygens (including phenoxy) is 2. The lowest BCUT2D eigenvalue weighted by Crippen LogP contribution is -2.49. The highest BCUT2D eigenvalue weighted by atomic mass is 16.5. The Morgan fingerprint density at radius 1 is 0.923 bits per heavy atom. The van der Waals surface area contributed by atoms with Gasteiger partial charge in [0.2, 0.25) is 5.91 Å². The van der Waals surface area contributed by atoms with Crippen molar-refractivity contribution >= 4 is 11.6 Å². The van der Waals surface area contributed by atoms with Gasteiger partial charge in [0.1, 0.15) is 0 Å². The summed E-state index contributed by atoms with van der Waals surface area (Å²) in [5, 5.41) is 0. The van der Waals surface area contributed by atoms with Crippen molar-refractivity contribution in [3.8, 4) is 11.5 Å². The number of nitrogens with zero attached hydrogens (tertiary/aromatic N) is 2. The summed E-state index contributed by atoms with van der Waals surface area (Å²) in [6.45, 7) is 5.32. The van der Waals surface area contributed by atoms with Crippen molar-refractivity contribution in [1.82, 2.24) is 4.90 Å². The van der Waals surface area contributed by atoms with E-state index in [4.69, 9.17) is 9.47 Å². The summed E-state index contributed by atoms with van der Waals surface area (Å²) in [6, 6.07) is 14.2. The summed E-state index contributed by atoms with van der Waals surface area (Å²) in [7, 11) is 3.21. The molecule has 2 aromatic rings. The second kappa shape index (κ2) is 8.13. The molecule has 0 aliphatic carbocycles. The molecule has 1 amide bonds. The average Bonchev–Trinajstić information content (AvgIpc) is 2.68. The highest BCUT2D eigenvalue weighted by Crippen LogP contribution is 2.28. The van der Waals surface area contributed by atoms with E-state index < -0.39 is 0 Å². The molecule has 26 heavy (non-hydrogen) atoms. The second-order valence-corrected chi connectivity index (χ2v) is 6.57. The highest BCUT2D eigenvalue weighted by Gasteiger charge is 2.21. The molecular formula is C21H26N2O3. The molecule has 2 aromatic carbocycles. The topological polar surface area (TPSA) is 42.0 Å². The predicted octanol–water partition coefficient (Wildman–Crippen LogP) is 2.90. The number of rotatable bonds is 5. The van der Waals surface area contributed by atoms with Gasteiger partial charge in [0, 0.05) is 31.9 Å². The molecule has 0 N–H and O–H groups in total. The normalized spacial score (nSPS) is 14.3. The van der Waals surface area contributed by atoms with Crippen molar-refractivity contribution < 1.29 is 14.3 Å². The van der Waals surface area contributed by atoms with Gasteiger partial charge in [-0.25, -0.2) is 0 Å². The quantitative estimate of drug-likeness (QED) is 0.828. The Balaban J connectivity index is 1.57. The fraction of sp³-hybridized carbons (Fsp3) is 0.381. The molecule has 0 aromatic heterocycles. The van der Waals surface area contributed by atoms with E-state index in [-0.39, 0.29) is 5.91 Å². The first kappa shape index (κ1) is 18.1. The molecule has 3 rings (SSSR count). The smallest absolute Gasteiger partial charge is 0.227 e. The van der Waals surface area contributed by atoms with Crippen LogP contribution in [-0.2, 0) is 11.2 Å². The lowest BCUT2D eigenvalue weighted by Gasteiger charge is -2.36. The SMILES string of the molecule is COc1ccc(CC(=O)N2CCN(c3ccc(C)cc3)CC2)cc1OC. The molecule has 0 unspecified atom stereocenters. The van der Waals surface area contributed by atoms with E-state index in [2.05, 4.69) is 36.1 Å². The molecule has 1 heterocycles. The van der Waals surface area contributed by atoms with Crippen LogP contribution in [0.3, 0.4) is 0 Å². The van der Waals surface area contributed by atoms with Gasteiger partial charge in [0.25, 0.3) is 0 Å². The van der Waals surface area contributed by atoms with Gasteiger partial charge >= 0.3 is 0 Å². The van der Waals surface area contributed by atoms with Crippen molar-refractivity contribution in [3.63, 3.8) is 0 Å². The molecule has 0 saturated carbocycles. The van der Waals surface area contributed by atoms with Gasteiger partial charge in [-0.2, -0.15) is 0 Å². The number of methoxy groups -OCH3 is 2. The third kappa shape index (κ3) is 4.10. The number of piperazine rings is 1. The largest absolute Gasteiger partial charge is 0.493 e. The van der Waals surface area contributed by atoms with E-state index >= 15 is 0 Å². The monoisotopic (exact) mass is 354 g/mol. The Morgan fingerprint density at radius 3 is 2.19 bits per heavy atom. The highest BCUT2D eigenvalue weighted by molar-refractivity contribution is 5.79. The molecular weight excluding hydrogens is 328 g/mol. The molecule has 1 aliphatic heterocycles. The number of hydrogen-bond acceptors (Lipinski definition) is 4. The molecule has 138 valence electrons. The van der Waals surface area contributed by atoms with Gasteiger partial charge in [-0.3, -0.25) is 4.79 Å². The first-order valence-corrected chi connectivity index (χ1v) is 8.91. The zero-order valence-electron chi connectivity index (χ0n) is 15.7. The van der Waals surface area contributed by atoms with Crippen LogP contribution in [0.5, 0.6) is 11.5 Å². The van der Waals surface area contributed by atoms with Crippen LogP contribution >= 0.6 is 0 Å². The molecule has 1 fully saturated rings. The van der Waals surface area contributed by atoms with Crippen LogP contribution in [-0.4, -0.2) is 51.2 Å². The number of benzene rings is 2. The number of aryl methyl sites for hydroxylation is 1. The molecule has 5 heteroatoms. The maximum atomic E-state index is 12.6. The standard InChI is InChI=1S/C21H26N2O3/c1-16-4-7-18(8-5-16)22-10-12-23(13-11-22)21(24)15-17-6-9-19(25-2)20(14-17)26-3/h4-9,14H,10-13,15H2,1-3H3. The summed E-state index contributed by atoms with van der Waals surface area (Å²) >= 11 is 0. The molecule has 5 nitrogen and oxygen atoms in total. The number of amides is 1. The lowest BCUT2D eigenvalue weighted by molar-refractivity contribution is -0.130. The summed E-state index contributed by atoms with van der Waals surface area (Å²) < 4.78 is 10.6. The van der Waals surface area contributed by atoms with E-state index in [0.29, 0.717) is 17.9 Å². The van der Waals surface area contributed by atoms with Crippen LogP contribution in [0.2, 0.25) is 0 Å². The lowest BCUT2D eigenvalue weighted by atomic mass is 10.1. The van der Waals surface area contributed by atoms with Gasteiger partial charge in [0.05, 0.1) is 20.6 Å². The minimum Gasteiger partial charge on any atom is -0.493 e. The first-order chi connectivity index (χ1) is 12.6. The van der Waals surface area contributed by atoms with Crippen LogP contribution < -0.4 is 14.4 Å². The second-order valence-electron chi connectivity index (χ2n) is 6.57. The van der Waals surface area contributed by atoms with Crippen molar-refractivity contribution in [3.05, 3.63) is 53.6 Å². The molecule has 0 atom stereocenters. The first-order valence-electron chi connectivity index (χ1n) is 8.91. The van der Waals surface area contributed by atoms with E-state index in [9.17, 15) is 4.79 Å². The van der Waals surface area contributed by atoms with Crippen molar-refractivity contribution in [1.29, 1.82) is 0 Å². The fourth-order valence-corrected chi connectivity index (χ4v) is 3.25. The zero-order chi connectivity index (χ0) is 18.5. The van der Waals surface area contributed by atoms with Crippen LogP contribution in [0.1, 0.15) is 11.1 Å². The van der Waals surface area contributed by atoms with Gasteiger partial charge in [-0.15, -0.1) is 0 Å². The maximum absolute atomic E-state index is 12.6. The maximum Gasteiger partial charge on any atom is 0.227 e. The Labute approximate surface area is 155 Å². The Morgan fingerprint density at radius 2 is 1.58 bits per heavy atom. The Hall–Kier alpha value is -2.69. The Kier molecular flexibility index (Phi) is 5.66. The number of anilines is 1. The summed E-state index contributed by atoms with van der Waals surface area (Å²) in [5.41, 5.74) is 3.42. The third-order valence-electron chi connectivity index (χ3n) is 4.83. The van der Waals surface area contributed by atoms with Gasteiger partial charge in [-0.05, 0) is 36.8 Å². The third-order valence-corrected chi connectivity index (χ3v) is 4.83. The van der Waals surface area contributed by atoms with Gasteiger partial charge in [-0.1, -0.05) is 23.8 Å². The van der Waals surface area contributed by atoms with E-state index in [0.717, 1.165) is 31.7 Å². The molecule has 1 aliphatic rings. The predicted molar refractivity (Wildman–Crippen MR) is 103 cm³/mol. The van der Waals surface area contributed by atoms with E-state index in [1.54, 1.807) is 14.2 Å².